The van der Waals surface area contributed by atoms with Gasteiger partial charge in [0, 0.05) is 16.5 Å². The number of rotatable bonds is 4. The molecule has 0 saturated heterocycles. The van der Waals surface area contributed by atoms with E-state index in [0.29, 0.717) is 11.3 Å². The van der Waals surface area contributed by atoms with Gasteiger partial charge in [0.1, 0.15) is 17.5 Å². The zero-order valence-electron chi connectivity index (χ0n) is 13.5. The van der Waals surface area contributed by atoms with E-state index in [1.54, 1.807) is 19.1 Å². The lowest BCUT2D eigenvalue weighted by atomic mass is 9.74. The van der Waals surface area contributed by atoms with Gasteiger partial charge in [0.05, 0.1) is 12.9 Å². The van der Waals surface area contributed by atoms with Crippen LogP contribution in [0, 0.1) is 11.7 Å². The molecule has 0 spiro atoms. The maximum absolute atomic E-state index is 14.5. The summed E-state index contributed by atoms with van der Waals surface area (Å²) in [5, 5.41) is 0.174. The molecule has 1 aliphatic carbocycles. The minimum atomic E-state index is -1.13. The molecule has 1 aromatic heterocycles. The SMILES string of the molecule is CCOC(=O)C1C(=O)C=C(c2ccco2)CC1c1c(F)cccc1Cl. The van der Waals surface area contributed by atoms with Crippen molar-refractivity contribution in [3.63, 3.8) is 0 Å². The molecule has 2 unspecified atom stereocenters. The summed E-state index contributed by atoms with van der Waals surface area (Å²) >= 11 is 6.18. The first kappa shape index (κ1) is 17.4. The first-order chi connectivity index (χ1) is 12.0. The summed E-state index contributed by atoms with van der Waals surface area (Å²) in [5.41, 5.74) is 0.743. The highest BCUT2D eigenvalue weighted by Gasteiger charge is 2.42. The Bertz CT molecular complexity index is 806. The van der Waals surface area contributed by atoms with Crippen molar-refractivity contribution in [3.8, 4) is 0 Å². The fraction of sp³-hybridized carbons (Fsp3) is 0.263. The van der Waals surface area contributed by atoms with Crippen LogP contribution in [0.25, 0.3) is 5.57 Å². The van der Waals surface area contributed by atoms with Crippen molar-refractivity contribution in [2.45, 2.75) is 19.3 Å². The second kappa shape index (κ2) is 7.23. The number of allylic oxidation sites excluding steroid dienone is 2. The Morgan fingerprint density at radius 2 is 2.16 bits per heavy atom. The minimum Gasteiger partial charge on any atom is -0.465 e. The van der Waals surface area contributed by atoms with Crippen molar-refractivity contribution in [1.29, 1.82) is 0 Å². The molecule has 0 radical (unpaired) electrons. The lowest BCUT2D eigenvalue weighted by Gasteiger charge is -2.29. The number of benzene rings is 1. The summed E-state index contributed by atoms with van der Waals surface area (Å²) in [6.45, 7) is 1.79. The van der Waals surface area contributed by atoms with Gasteiger partial charge in [-0.15, -0.1) is 0 Å². The second-order valence-electron chi connectivity index (χ2n) is 5.72. The van der Waals surface area contributed by atoms with Crippen LogP contribution >= 0.6 is 11.6 Å². The Morgan fingerprint density at radius 3 is 2.80 bits per heavy atom. The summed E-state index contributed by atoms with van der Waals surface area (Å²) in [6.07, 6.45) is 3.10. The van der Waals surface area contributed by atoms with Crippen LogP contribution in [0.3, 0.4) is 0 Å². The molecule has 1 heterocycles. The minimum absolute atomic E-state index is 0.134. The number of esters is 1. The van der Waals surface area contributed by atoms with Crippen LogP contribution in [-0.2, 0) is 14.3 Å². The molecule has 0 fully saturated rings. The van der Waals surface area contributed by atoms with E-state index in [0.717, 1.165) is 0 Å². The van der Waals surface area contributed by atoms with Gasteiger partial charge in [-0.05, 0) is 49.3 Å². The van der Waals surface area contributed by atoms with Crippen LogP contribution in [0.15, 0.2) is 47.1 Å². The Hall–Kier alpha value is -2.40. The van der Waals surface area contributed by atoms with Crippen molar-refractivity contribution >= 4 is 28.9 Å². The maximum Gasteiger partial charge on any atom is 0.317 e. The van der Waals surface area contributed by atoms with Crippen molar-refractivity contribution in [2.75, 3.05) is 6.61 Å². The van der Waals surface area contributed by atoms with E-state index in [-0.39, 0.29) is 23.6 Å². The number of ether oxygens (including phenoxy) is 1. The van der Waals surface area contributed by atoms with Gasteiger partial charge in [-0.3, -0.25) is 9.59 Å². The summed E-state index contributed by atoms with van der Waals surface area (Å²) in [4.78, 5) is 25.0. The molecule has 1 aromatic carbocycles. The standard InChI is InChI=1S/C19H16ClFO4/c1-2-24-19(23)18-12(17-13(20)5-3-6-14(17)21)9-11(10-15(18)22)16-7-4-8-25-16/h3-8,10,12,18H,2,9H2,1H3. The van der Waals surface area contributed by atoms with Gasteiger partial charge < -0.3 is 9.15 Å². The van der Waals surface area contributed by atoms with Gasteiger partial charge >= 0.3 is 5.97 Å². The molecule has 3 rings (SSSR count). The highest BCUT2D eigenvalue weighted by atomic mass is 35.5. The third-order valence-corrected chi connectivity index (χ3v) is 4.54. The molecule has 2 atom stereocenters. The molecule has 0 amide bonds. The Kier molecular flexibility index (Phi) is 5.04. The molecule has 0 aliphatic heterocycles. The first-order valence-corrected chi connectivity index (χ1v) is 8.29. The number of halogens is 2. The number of ketones is 1. The van der Waals surface area contributed by atoms with Crippen LogP contribution in [0.2, 0.25) is 5.02 Å². The van der Waals surface area contributed by atoms with Crippen LogP contribution in [-0.4, -0.2) is 18.4 Å². The molecule has 0 saturated carbocycles. The van der Waals surface area contributed by atoms with Gasteiger partial charge in [-0.25, -0.2) is 4.39 Å². The lowest BCUT2D eigenvalue weighted by molar-refractivity contribution is -0.151. The fourth-order valence-electron chi connectivity index (χ4n) is 3.15. The van der Waals surface area contributed by atoms with Crippen LogP contribution in [0.1, 0.15) is 30.6 Å². The van der Waals surface area contributed by atoms with Crippen molar-refractivity contribution in [1.82, 2.24) is 0 Å². The predicted molar refractivity (Wildman–Crippen MR) is 90.6 cm³/mol. The fourth-order valence-corrected chi connectivity index (χ4v) is 3.46. The third-order valence-electron chi connectivity index (χ3n) is 4.21. The number of furan rings is 1. The molecule has 0 bridgehead atoms. The molecule has 0 N–H and O–H groups in total. The first-order valence-electron chi connectivity index (χ1n) is 7.91. The summed E-state index contributed by atoms with van der Waals surface area (Å²) in [5.74, 6) is -3.06. The Labute approximate surface area is 149 Å². The van der Waals surface area contributed by atoms with Crippen LogP contribution in [0.5, 0.6) is 0 Å². The molecule has 1 aliphatic rings. The van der Waals surface area contributed by atoms with Gasteiger partial charge in [0.2, 0.25) is 0 Å². The van der Waals surface area contributed by atoms with Gasteiger partial charge in [0.15, 0.2) is 5.78 Å². The normalized spacial score (nSPS) is 20.3. The summed E-state index contributed by atoms with van der Waals surface area (Å²) in [7, 11) is 0. The van der Waals surface area contributed by atoms with E-state index < -0.39 is 29.4 Å². The van der Waals surface area contributed by atoms with E-state index in [2.05, 4.69) is 0 Å². The van der Waals surface area contributed by atoms with E-state index in [1.165, 1.54) is 30.5 Å². The Morgan fingerprint density at radius 1 is 1.36 bits per heavy atom. The average Bonchev–Trinajstić information content (AvgIpc) is 3.09. The number of hydrogen-bond acceptors (Lipinski definition) is 4. The number of carbonyl (C=O) groups is 2. The maximum atomic E-state index is 14.5. The number of hydrogen-bond donors (Lipinski definition) is 0. The summed E-state index contributed by atoms with van der Waals surface area (Å²) in [6, 6.07) is 7.69. The average molecular weight is 363 g/mol. The number of carbonyl (C=O) groups excluding carboxylic acids is 2. The monoisotopic (exact) mass is 362 g/mol. The molecule has 4 nitrogen and oxygen atoms in total. The molecule has 6 heteroatoms. The van der Waals surface area contributed by atoms with Crippen molar-refractivity contribution < 1.29 is 23.1 Å². The van der Waals surface area contributed by atoms with Crippen molar-refractivity contribution in [2.24, 2.45) is 5.92 Å². The zero-order chi connectivity index (χ0) is 18.0. The van der Waals surface area contributed by atoms with Gasteiger partial charge in [0.25, 0.3) is 0 Å². The smallest absolute Gasteiger partial charge is 0.317 e. The van der Waals surface area contributed by atoms with Crippen molar-refractivity contribution in [3.05, 3.63) is 64.8 Å². The molecule has 2 aromatic rings. The summed E-state index contributed by atoms with van der Waals surface area (Å²) < 4.78 is 24.8. The predicted octanol–water partition coefficient (Wildman–Crippen LogP) is 4.39. The second-order valence-corrected chi connectivity index (χ2v) is 6.13. The zero-order valence-corrected chi connectivity index (χ0v) is 14.3. The third kappa shape index (κ3) is 3.37. The van der Waals surface area contributed by atoms with E-state index in [9.17, 15) is 14.0 Å². The largest absolute Gasteiger partial charge is 0.465 e. The molecule has 25 heavy (non-hydrogen) atoms. The van der Waals surface area contributed by atoms with Crippen LogP contribution in [0.4, 0.5) is 4.39 Å². The highest BCUT2D eigenvalue weighted by Crippen LogP contribution is 2.43. The van der Waals surface area contributed by atoms with E-state index in [1.807, 2.05) is 0 Å². The van der Waals surface area contributed by atoms with Gasteiger partial charge in [-0.1, -0.05) is 17.7 Å². The molecular formula is C19H16ClFO4. The quantitative estimate of drug-likeness (QED) is 0.598. The highest BCUT2D eigenvalue weighted by molar-refractivity contribution is 6.31. The molecular weight excluding hydrogens is 347 g/mol. The van der Waals surface area contributed by atoms with Crippen LogP contribution < -0.4 is 0 Å². The van der Waals surface area contributed by atoms with E-state index >= 15 is 0 Å². The molecule has 130 valence electrons. The van der Waals surface area contributed by atoms with Gasteiger partial charge in [-0.2, -0.15) is 0 Å². The lowest BCUT2D eigenvalue weighted by Crippen LogP contribution is -2.34. The topological polar surface area (TPSA) is 56.5 Å². The van der Waals surface area contributed by atoms with E-state index in [4.69, 9.17) is 20.8 Å². The Balaban J connectivity index is 2.09.